The number of hydrogen-bond donors (Lipinski definition) is 2. The zero-order valence-corrected chi connectivity index (χ0v) is 12.6. The minimum absolute atomic E-state index is 0.187. The number of rotatable bonds is 3. The van der Waals surface area contributed by atoms with Crippen molar-refractivity contribution in [1.82, 2.24) is 0 Å². The molecular formula is C16H13NO4S. The van der Waals surface area contributed by atoms with Gasteiger partial charge < -0.3 is 15.2 Å². The van der Waals surface area contributed by atoms with Crippen LogP contribution in [0.25, 0.3) is 11.6 Å². The van der Waals surface area contributed by atoms with Crippen molar-refractivity contribution in [3.8, 4) is 5.75 Å². The van der Waals surface area contributed by atoms with Gasteiger partial charge in [0, 0.05) is 16.1 Å². The number of fused-ring (bicyclic) bond motifs is 1. The van der Waals surface area contributed by atoms with Gasteiger partial charge in [-0.2, -0.15) is 0 Å². The monoisotopic (exact) mass is 315 g/mol. The van der Waals surface area contributed by atoms with Crippen LogP contribution in [0, 0.1) is 6.92 Å². The fourth-order valence-corrected chi connectivity index (χ4v) is 3.06. The predicted molar refractivity (Wildman–Crippen MR) is 84.7 cm³/mol. The Hall–Kier alpha value is -2.44. The number of esters is 1. The fraction of sp³-hybridized carbons (Fsp3) is 0.125. The Labute approximate surface area is 130 Å². The van der Waals surface area contributed by atoms with Gasteiger partial charge in [-0.1, -0.05) is 0 Å². The van der Waals surface area contributed by atoms with Gasteiger partial charge in [0.05, 0.1) is 5.57 Å². The lowest BCUT2D eigenvalue weighted by molar-refractivity contribution is -0.137. The molecule has 1 aliphatic rings. The third-order valence-electron chi connectivity index (χ3n) is 3.31. The lowest BCUT2D eigenvalue weighted by atomic mass is 10.1. The number of anilines is 1. The molecular weight excluding hydrogens is 302 g/mol. The molecule has 6 heteroatoms. The molecule has 112 valence electrons. The second-order valence-electron chi connectivity index (χ2n) is 4.82. The summed E-state index contributed by atoms with van der Waals surface area (Å²) in [6.45, 7) is 1.29. The maximum absolute atomic E-state index is 12.1. The van der Waals surface area contributed by atoms with Crippen LogP contribution in [0.15, 0.2) is 29.6 Å². The highest BCUT2D eigenvalue weighted by molar-refractivity contribution is 7.11. The van der Waals surface area contributed by atoms with Crippen LogP contribution in [-0.4, -0.2) is 23.6 Å². The zero-order valence-electron chi connectivity index (χ0n) is 11.8. The highest BCUT2D eigenvalue weighted by atomic mass is 32.1. The van der Waals surface area contributed by atoms with Crippen LogP contribution in [0.5, 0.6) is 5.75 Å². The molecule has 0 atom stereocenters. The van der Waals surface area contributed by atoms with Crippen molar-refractivity contribution in [3.05, 3.63) is 45.6 Å². The van der Waals surface area contributed by atoms with Crippen LogP contribution in [0.4, 0.5) is 5.69 Å². The number of carbonyl (C=O) groups is 2. The summed E-state index contributed by atoms with van der Waals surface area (Å²) in [5.74, 6) is -0.631. The molecule has 5 nitrogen and oxygen atoms in total. The maximum Gasteiger partial charge on any atom is 0.337 e. The largest absolute Gasteiger partial charge is 0.425 e. The number of nitrogens with one attached hydrogen (secondary N) is 1. The summed E-state index contributed by atoms with van der Waals surface area (Å²) in [5, 5.41) is 13.5. The minimum atomic E-state index is -0.739. The first kappa shape index (κ1) is 14.5. The molecule has 1 amide bonds. The van der Waals surface area contributed by atoms with E-state index in [4.69, 9.17) is 9.84 Å². The molecule has 0 bridgehead atoms. The van der Waals surface area contributed by atoms with Crippen molar-refractivity contribution >= 4 is 40.5 Å². The van der Waals surface area contributed by atoms with E-state index in [0.29, 0.717) is 22.6 Å². The van der Waals surface area contributed by atoms with Crippen molar-refractivity contribution in [2.45, 2.75) is 6.92 Å². The number of amides is 1. The molecule has 0 radical (unpaired) electrons. The maximum atomic E-state index is 12.1. The van der Waals surface area contributed by atoms with E-state index in [-0.39, 0.29) is 5.91 Å². The van der Waals surface area contributed by atoms with Crippen LogP contribution in [0.1, 0.15) is 16.0 Å². The van der Waals surface area contributed by atoms with Crippen molar-refractivity contribution < 1.29 is 19.4 Å². The molecule has 1 aromatic heterocycles. The van der Waals surface area contributed by atoms with Gasteiger partial charge in [0.25, 0.3) is 5.91 Å². The molecule has 0 aliphatic carbocycles. The molecule has 0 unspecified atom stereocenters. The smallest absolute Gasteiger partial charge is 0.337 e. The second kappa shape index (κ2) is 5.75. The number of aliphatic hydroxyl groups excluding tert-OH is 1. The molecule has 0 saturated carbocycles. The van der Waals surface area contributed by atoms with Crippen LogP contribution < -0.4 is 10.1 Å². The summed E-state index contributed by atoms with van der Waals surface area (Å²) >= 11 is 1.56. The number of ether oxygens (including phenoxy) is 1. The molecule has 2 heterocycles. The molecule has 22 heavy (non-hydrogen) atoms. The average molecular weight is 315 g/mol. The van der Waals surface area contributed by atoms with Gasteiger partial charge in [0.15, 0.2) is 0 Å². The van der Waals surface area contributed by atoms with E-state index in [2.05, 4.69) is 5.32 Å². The summed E-state index contributed by atoms with van der Waals surface area (Å²) in [6, 6.07) is 6.86. The summed E-state index contributed by atoms with van der Waals surface area (Å²) in [4.78, 5) is 24.3. The second-order valence-corrected chi connectivity index (χ2v) is 5.77. The van der Waals surface area contributed by atoms with E-state index in [1.807, 2.05) is 24.4 Å². The molecule has 0 saturated heterocycles. The Morgan fingerprint density at radius 2 is 2.23 bits per heavy atom. The third kappa shape index (κ3) is 2.66. The molecule has 0 fully saturated rings. The van der Waals surface area contributed by atoms with Gasteiger partial charge >= 0.3 is 5.97 Å². The highest BCUT2D eigenvalue weighted by Crippen LogP contribution is 2.36. The normalized spacial score (nSPS) is 14.8. The quantitative estimate of drug-likeness (QED) is 0.518. The Morgan fingerprint density at radius 1 is 1.41 bits per heavy atom. The summed E-state index contributed by atoms with van der Waals surface area (Å²) in [5.41, 5.74) is 2.99. The lowest BCUT2D eigenvalue weighted by Gasteiger charge is -2.05. The Kier molecular flexibility index (Phi) is 3.79. The number of benzene rings is 1. The SMILES string of the molecule is Cc1ccsc1C=C1C(=O)Nc2ccc(OC(=O)CO)cc21. The molecule has 0 spiro atoms. The highest BCUT2D eigenvalue weighted by Gasteiger charge is 2.25. The van der Waals surface area contributed by atoms with E-state index in [0.717, 1.165) is 10.4 Å². The van der Waals surface area contributed by atoms with Gasteiger partial charge in [0.1, 0.15) is 12.4 Å². The number of hydrogen-bond acceptors (Lipinski definition) is 5. The van der Waals surface area contributed by atoms with E-state index in [1.54, 1.807) is 29.5 Å². The minimum Gasteiger partial charge on any atom is -0.425 e. The van der Waals surface area contributed by atoms with E-state index in [9.17, 15) is 9.59 Å². The molecule has 3 rings (SSSR count). The first-order valence-corrected chi connectivity index (χ1v) is 7.49. The topological polar surface area (TPSA) is 75.6 Å². The number of aliphatic hydroxyl groups is 1. The van der Waals surface area contributed by atoms with Gasteiger partial charge in [-0.15, -0.1) is 11.3 Å². The van der Waals surface area contributed by atoms with Crippen molar-refractivity contribution in [1.29, 1.82) is 0 Å². The van der Waals surface area contributed by atoms with Crippen molar-refractivity contribution in [2.24, 2.45) is 0 Å². The van der Waals surface area contributed by atoms with Crippen molar-refractivity contribution in [3.63, 3.8) is 0 Å². The first-order valence-electron chi connectivity index (χ1n) is 6.61. The molecule has 1 aliphatic heterocycles. The van der Waals surface area contributed by atoms with Gasteiger partial charge in [-0.3, -0.25) is 4.79 Å². The van der Waals surface area contributed by atoms with Crippen LogP contribution in [0.2, 0.25) is 0 Å². The van der Waals surface area contributed by atoms with Crippen LogP contribution in [-0.2, 0) is 9.59 Å². The average Bonchev–Trinajstić information content (AvgIpc) is 3.04. The third-order valence-corrected chi connectivity index (χ3v) is 4.28. The Balaban J connectivity index is 2.01. The molecule has 2 aromatic rings. The predicted octanol–water partition coefficient (Wildman–Crippen LogP) is 2.45. The van der Waals surface area contributed by atoms with Gasteiger partial charge in [-0.25, -0.2) is 4.79 Å². The van der Waals surface area contributed by atoms with Gasteiger partial charge in [0.2, 0.25) is 0 Å². The van der Waals surface area contributed by atoms with Crippen molar-refractivity contribution in [2.75, 3.05) is 11.9 Å². The fourth-order valence-electron chi connectivity index (χ4n) is 2.20. The lowest BCUT2D eigenvalue weighted by Crippen LogP contribution is -2.12. The number of carbonyl (C=O) groups excluding carboxylic acids is 2. The Morgan fingerprint density at radius 3 is 2.91 bits per heavy atom. The Bertz CT molecular complexity index is 791. The summed E-state index contributed by atoms with van der Waals surface area (Å²) in [7, 11) is 0. The zero-order chi connectivity index (χ0) is 15.7. The summed E-state index contributed by atoms with van der Waals surface area (Å²) in [6.07, 6.45) is 1.83. The van der Waals surface area contributed by atoms with Crippen LogP contribution >= 0.6 is 11.3 Å². The molecule has 1 aromatic carbocycles. The van der Waals surface area contributed by atoms with E-state index >= 15 is 0 Å². The first-order chi connectivity index (χ1) is 10.6. The van der Waals surface area contributed by atoms with Gasteiger partial charge in [-0.05, 0) is 48.2 Å². The summed E-state index contributed by atoms with van der Waals surface area (Å²) < 4.78 is 4.98. The standard InChI is InChI=1S/C16H13NO4S/c1-9-4-5-22-14(9)7-12-11-6-10(21-15(19)8-18)2-3-13(11)17-16(12)20/h2-7,18H,8H2,1H3,(H,17,20). The molecule has 2 N–H and O–H groups in total. The van der Waals surface area contributed by atoms with E-state index < -0.39 is 12.6 Å². The number of thiophene rings is 1. The number of aryl methyl sites for hydroxylation is 1. The van der Waals surface area contributed by atoms with Crippen LogP contribution in [0.3, 0.4) is 0 Å². The van der Waals surface area contributed by atoms with E-state index in [1.165, 1.54) is 0 Å².